The number of halogens is 3. The summed E-state index contributed by atoms with van der Waals surface area (Å²) in [6, 6.07) is 11.8. The first kappa shape index (κ1) is 25.1. The Labute approximate surface area is 205 Å². The number of nitrogens with two attached hydrogens (primary N) is 1. The highest BCUT2D eigenvalue weighted by atomic mass is 19.3. The predicted molar refractivity (Wildman–Crippen MR) is 129 cm³/mol. The molecule has 0 amide bonds. The minimum Gasteiger partial charge on any atom is -0.472 e. The molecule has 0 atom stereocenters. The molecule has 1 aromatic carbocycles. The van der Waals surface area contributed by atoms with Gasteiger partial charge in [0.05, 0.1) is 17.0 Å². The van der Waals surface area contributed by atoms with Crippen LogP contribution in [0, 0.1) is 12.7 Å². The highest BCUT2D eigenvalue weighted by molar-refractivity contribution is 5.85. The molecule has 0 radical (unpaired) electrons. The van der Waals surface area contributed by atoms with Crippen LogP contribution in [0.3, 0.4) is 0 Å². The van der Waals surface area contributed by atoms with Crippen LogP contribution in [0.2, 0.25) is 0 Å². The zero-order valence-corrected chi connectivity index (χ0v) is 19.8. The molecule has 4 aromatic rings. The molecule has 10 heteroatoms. The summed E-state index contributed by atoms with van der Waals surface area (Å²) in [4.78, 5) is 16.7. The lowest BCUT2D eigenvalue weighted by molar-refractivity contribution is 0.0736. The number of nitrogen functional groups attached to an aromatic ring is 1. The van der Waals surface area contributed by atoms with Crippen LogP contribution in [0.15, 0.2) is 54.7 Å². The number of ether oxygens (including phenoxy) is 1. The number of hydrogen-bond donors (Lipinski definition) is 2. The van der Waals surface area contributed by atoms with Gasteiger partial charge in [0, 0.05) is 17.5 Å². The van der Waals surface area contributed by atoms with Gasteiger partial charge in [-0.1, -0.05) is 0 Å². The van der Waals surface area contributed by atoms with E-state index in [1.807, 2.05) is 0 Å². The van der Waals surface area contributed by atoms with Crippen molar-refractivity contribution in [3.05, 3.63) is 83.2 Å². The van der Waals surface area contributed by atoms with Gasteiger partial charge in [0.15, 0.2) is 0 Å². The van der Waals surface area contributed by atoms with Crippen LogP contribution in [0.1, 0.15) is 42.9 Å². The van der Waals surface area contributed by atoms with Crippen molar-refractivity contribution in [2.75, 3.05) is 5.73 Å². The van der Waals surface area contributed by atoms with Gasteiger partial charge < -0.3 is 15.6 Å². The number of anilines is 1. The number of pyridine rings is 2. The van der Waals surface area contributed by atoms with Gasteiger partial charge in [-0.2, -0.15) is 4.98 Å². The highest BCUT2D eigenvalue weighted by Crippen LogP contribution is 2.39. The monoisotopic (exact) mass is 495 g/mol. The van der Waals surface area contributed by atoms with Gasteiger partial charge in [0.2, 0.25) is 11.8 Å². The number of benzene rings is 1. The second-order valence-electron chi connectivity index (χ2n) is 8.74. The number of alkyl halides is 2. The first-order chi connectivity index (χ1) is 17.0. The van der Waals surface area contributed by atoms with Crippen molar-refractivity contribution >= 4 is 5.95 Å². The number of nitrogens with zero attached hydrogens (tertiary/aromatic N) is 4. The summed E-state index contributed by atoms with van der Waals surface area (Å²) >= 11 is 0. The van der Waals surface area contributed by atoms with Crippen molar-refractivity contribution < 1.29 is 23.0 Å². The Morgan fingerprint density at radius 3 is 2.39 bits per heavy atom. The molecule has 0 unspecified atom stereocenters. The second-order valence-corrected chi connectivity index (χ2v) is 8.74. The molecule has 7 nitrogen and oxygen atoms in total. The van der Waals surface area contributed by atoms with Crippen molar-refractivity contribution in [2.24, 2.45) is 0 Å². The molecule has 0 bridgehead atoms. The summed E-state index contributed by atoms with van der Waals surface area (Å²) in [5.41, 5.74) is 7.34. The predicted octanol–water partition coefficient (Wildman–Crippen LogP) is 5.37. The van der Waals surface area contributed by atoms with E-state index < -0.39 is 23.5 Å². The number of hydrogen-bond acceptors (Lipinski definition) is 7. The first-order valence-electron chi connectivity index (χ1n) is 11.0. The Balaban J connectivity index is 1.85. The van der Waals surface area contributed by atoms with Crippen LogP contribution in [0.4, 0.5) is 19.1 Å². The quantitative estimate of drug-likeness (QED) is 0.355. The maximum Gasteiger partial charge on any atom is 0.280 e. The second kappa shape index (κ2) is 9.90. The summed E-state index contributed by atoms with van der Waals surface area (Å²) in [6.07, 6.45) is -1.25. The number of aliphatic hydroxyl groups is 1. The van der Waals surface area contributed by atoms with Gasteiger partial charge >= 0.3 is 0 Å². The Morgan fingerprint density at radius 1 is 1.00 bits per heavy atom. The molecule has 3 heterocycles. The average molecular weight is 496 g/mol. The van der Waals surface area contributed by atoms with E-state index in [1.165, 1.54) is 30.3 Å². The lowest BCUT2D eigenvalue weighted by Crippen LogP contribution is -2.17. The van der Waals surface area contributed by atoms with Crippen LogP contribution in [0.25, 0.3) is 22.4 Å². The Bertz CT molecular complexity index is 1390. The third kappa shape index (κ3) is 5.60. The van der Waals surface area contributed by atoms with E-state index in [0.29, 0.717) is 33.6 Å². The molecule has 0 aliphatic carbocycles. The Kier molecular flexibility index (Phi) is 6.89. The largest absolute Gasteiger partial charge is 0.472 e. The molecule has 0 saturated heterocycles. The summed E-state index contributed by atoms with van der Waals surface area (Å²) in [6.45, 7) is 4.85. The molecular weight excluding hydrogens is 471 g/mol. The minimum absolute atomic E-state index is 0.0175. The molecule has 36 heavy (non-hydrogen) atoms. The van der Waals surface area contributed by atoms with Gasteiger partial charge in [-0.15, -0.1) is 0 Å². The van der Waals surface area contributed by atoms with E-state index in [9.17, 15) is 18.3 Å². The third-order valence-electron chi connectivity index (χ3n) is 5.32. The van der Waals surface area contributed by atoms with E-state index in [0.717, 1.165) is 0 Å². The fraction of sp³-hybridized carbons (Fsp3) is 0.231. The molecule has 4 rings (SSSR count). The standard InChI is InChI=1S/C26H24F3N5O2/c1-14-10-17(12-19(32-14)23(28)29)21-22(16-4-6-18(27)7-5-16)33-25(30)34-24(21)36-13-15-8-9-31-20(11-15)26(2,3)35/h4-12,23,35H,13H2,1-3H3,(H2,30,33,34). The molecule has 0 fully saturated rings. The van der Waals surface area contributed by atoms with Gasteiger partial charge in [-0.05, 0) is 80.4 Å². The number of rotatable bonds is 7. The van der Waals surface area contributed by atoms with E-state index in [2.05, 4.69) is 19.9 Å². The van der Waals surface area contributed by atoms with Gasteiger partial charge in [0.25, 0.3) is 6.43 Å². The highest BCUT2D eigenvalue weighted by Gasteiger charge is 2.22. The van der Waals surface area contributed by atoms with Crippen LogP contribution < -0.4 is 10.5 Å². The lowest BCUT2D eigenvalue weighted by atomic mass is 9.99. The summed E-state index contributed by atoms with van der Waals surface area (Å²) in [7, 11) is 0. The third-order valence-corrected chi connectivity index (χ3v) is 5.32. The zero-order valence-electron chi connectivity index (χ0n) is 19.8. The molecule has 3 aromatic heterocycles. The lowest BCUT2D eigenvalue weighted by Gasteiger charge is -2.18. The summed E-state index contributed by atoms with van der Waals surface area (Å²) in [5, 5.41) is 10.3. The van der Waals surface area contributed by atoms with Crippen LogP contribution in [0.5, 0.6) is 5.88 Å². The summed E-state index contributed by atoms with van der Waals surface area (Å²) in [5.74, 6) is -0.507. The molecule has 0 spiro atoms. The van der Waals surface area contributed by atoms with E-state index >= 15 is 0 Å². The molecule has 0 saturated carbocycles. The topological polar surface area (TPSA) is 107 Å². The Morgan fingerprint density at radius 2 is 1.72 bits per heavy atom. The van der Waals surface area contributed by atoms with Crippen molar-refractivity contribution in [2.45, 2.75) is 39.4 Å². The van der Waals surface area contributed by atoms with Crippen molar-refractivity contribution in [3.63, 3.8) is 0 Å². The molecule has 0 aliphatic rings. The molecule has 0 aliphatic heterocycles. The van der Waals surface area contributed by atoms with Crippen LogP contribution in [-0.4, -0.2) is 25.0 Å². The van der Waals surface area contributed by atoms with E-state index in [4.69, 9.17) is 10.5 Å². The van der Waals surface area contributed by atoms with Crippen LogP contribution >= 0.6 is 0 Å². The fourth-order valence-electron chi connectivity index (χ4n) is 3.64. The van der Waals surface area contributed by atoms with Gasteiger partial charge in [0.1, 0.15) is 23.7 Å². The number of aromatic nitrogens is 4. The molecular formula is C26H24F3N5O2. The zero-order chi connectivity index (χ0) is 26.0. The maximum absolute atomic E-state index is 13.6. The normalized spacial score (nSPS) is 11.7. The van der Waals surface area contributed by atoms with Gasteiger partial charge in [-0.3, -0.25) is 9.97 Å². The SMILES string of the molecule is Cc1cc(-c2c(OCc3ccnc(C(C)(C)O)c3)nc(N)nc2-c2ccc(F)cc2)cc(C(F)F)n1. The van der Waals surface area contributed by atoms with Crippen molar-refractivity contribution in [1.82, 2.24) is 19.9 Å². The fourth-order valence-corrected chi connectivity index (χ4v) is 3.64. The average Bonchev–Trinajstić information content (AvgIpc) is 2.82. The summed E-state index contributed by atoms with van der Waals surface area (Å²) < 4.78 is 46.8. The van der Waals surface area contributed by atoms with Crippen molar-refractivity contribution in [1.29, 1.82) is 0 Å². The maximum atomic E-state index is 13.6. The minimum atomic E-state index is -2.80. The van der Waals surface area contributed by atoms with Gasteiger partial charge in [-0.25, -0.2) is 18.2 Å². The first-order valence-corrected chi connectivity index (χ1v) is 11.0. The number of aryl methyl sites for hydroxylation is 1. The van der Waals surface area contributed by atoms with Crippen molar-refractivity contribution in [3.8, 4) is 28.3 Å². The smallest absolute Gasteiger partial charge is 0.280 e. The van der Waals surface area contributed by atoms with Crippen LogP contribution in [-0.2, 0) is 12.2 Å². The molecule has 186 valence electrons. The Hall–Kier alpha value is -4.05. The van der Waals surface area contributed by atoms with E-state index in [1.54, 1.807) is 45.2 Å². The van der Waals surface area contributed by atoms with E-state index in [-0.39, 0.29) is 24.1 Å². The molecule has 3 N–H and O–H groups in total.